The SMILES string of the molecule is Cn1c(=O)c2[nH]c(CNC(=O)c3ccc(=O)n(-c4ccc(F)cc4)c3)nc2n(C)c1=O. The van der Waals surface area contributed by atoms with Crippen molar-refractivity contribution in [2.75, 3.05) is 0 Å². The predicted octanol–water partition coefficient (Wildman–Crippen LogP) is 0.180. The minimum atomic E-state index is -0.519. The van der Waals surface area contributed by atoms with E-state index in [1.165, 1.54) is 65.8 Å². The maximum absolute atomic E-state index is 13.1. The van der Waals surface area contributed by atoms with Gasteiger partial charge in [-0.15, -0.1) is 0 Å². The number of amides is 1. The van der Waals surface area contributed by atoms with Gasteiger partial charge in [0.15, 0.2) is 5.65 Å². The number of nitrogens with one attached hydrogen (secondary N) is 2. The van der Waals surface area contributed by atoms with Crippen LogP contribution in [0.5, 0.6) is 0 Å². The lowest BCUT2D eigenvalue weighted by molar-refractivity contribution is 0.0949. The number of H-pyrrole nitrogens is 1. The first-order valence-electron chi connectivity index (χ1n) is 9.17. The average Bonchev–Trinajstić information content (AvgIpc) is 3.20. The number of carbonyl (C=O) groups excluding carboxylic acids is 1. The topological polar surface area (TPSA) is 124 Å². The van der Waals surface area contributed by atoms with Gasteiger partial charge in [-0.1, -0.05) is 0 Å². The first-order chi connectivity index (χ1) is 14.8. The minimum absolute atomic E-state index is 0.0411. The Bertz CT molecular complexity index is 1490. The number of nitrogens with zero attached hydrogens (tertiary/aromatic N) is 4. The Kier molecular flexibility index (Phi) is 4.85. The summed E-state index contributed by atoms with van der Waals surface area (Å²) in [5.74, 6) is -0.643. The van der Waals surface area contributed by atoms with Crippen molar-refractivity contribution < 1.29 is 9.18 Å². The van der Waals surface area contributed by atoms with Gasteiger partial charge in [-0.3, -0.25) is 28.1 Å². The van der Waals surface area contributed by atoms with Crippen LogP contribution in [-0.4, -0.2) is 29.6 Å². The summed E-state index contributed by atoms with van der Waals surface area (Å²) in [7, 11) is 2.86. The van der Waals surface area contributed by atoms with Gasteiger partial charge in [0.2, 0.25) is 0 Å². The van der Waals surface area contributed by atoms with E-state index in [0.29, 0.717) is 5.69 Å². The second kappa shape index (κ2) is 7.52. The van der Waals surface area contributed by atoms with Crippen molar-refractivity contribution in [1.82, 2.24) is 29.0 Å². The van der Waals surface area contributed by atoms with E-state index in [-0.39, 0.29) is 34.7 Å². The minimum Gasteiger partial charge on any atom is -0.345 e. The van der Waals surface area contributed by atoms with Crippen LogP contribution in [0.25, 0.3) is 16.9 Å². The third-order valence-electron chi connectivity index (χ3n) is 4.84. The number of aryl methyl sites for hydroxylation is 1. The number of carbonyl (C=O) groups is 1. The molecule has 0 aliphatic rings. The molecule has 4 rings (SSSR count). The molecule has 31 heavy (non-hydrogen) atoms. The van der Waals surface area contributed by atoms with Crippen LogP contribution in [0.15, 0.2) is 57.0 Å². The van der Waals surface area contributed by atoms with Crippen LogP contribution in [0, 0.1) is 5.82 Å². The second-order valence-corrected chi connectivity index (χ2v) is 6.87. The summed E-state index contributed by atoms with van der Waals surface area (Å²) < 4.78 is 16.6. The molecule has 0 fully saturated rings. The molecule has 0 radical (unpaired) electrons. The molecule has 0 aliphatic heterocycles. The normalized spacial score (nSPS) is 11.1. The van der Waals surface area contributed by atoms with E-state index in [0.717, 1.165) is 4.57 Å². The Labute approximate surface area is 173 Å². The van der Waals surface area contributed by atoms with Gasteiger partial charge >= 0.3 is 5.69 Å². The summed E-state index contributed by atoms with van der Waals surface area (Å²) in [6.45, 7) is -0.0411. The number of imidazole rings is 1. The Morgan fingerprint density at radius 1 is 1.06 bits per heavy atom. The summed E-state index contributed by atoms with van der Waals surface area (Å²) >= 11 is 0. The standard InChI is InChI=1S/C20H17FN6O4/c1-25-17-16(19(30)26(2)20(25)31)23-14(24-17)9-22-18(29)11-3-8-15(28)27(10-11)13-6-4-12(21)5-7-13/h3-8,10H,9H2,1-2H3,(H,22,29)(H,23,24). The number of hydrogen-bond acceptors (Lipinski definition) is 5. The van der Waals surface area contributed by atoms with E-state index in [1.807, 2.05) is 0 Å². The van der Waals surface area contributed by atoms with Crippen molar-refractivity contribution in [1.29, 1.82) is 0 Å². The summed E-state index contributed by atoms with van der Waals surface area (Å²) in [6, 6.07) is 7.89. The lowest BCUT2D eigenvalue weighted by Gasteiger charge is -2.08. The lowest BCUT2D eigenvalue weighted by atomic mass is 10.2. The molecular weight excluding hydrogens is 407 g/mol. The number of halogens is 1. The number of rotatable bonds is 4. The fourth-order valence-corrected chi connectivity index (χ4v) is 3.15. The third-order valence-corrected chi connectivity index (χ3v) is 4.84. The van der Waals surface area contributed by atoms with Crippen molar-refractivity contribution in [3.05, 3.63) is 91.0 Å². The summed E-state index contributed by atoms with van der Waals surface area (Å²) in [4.78, 5) is 56.0. The smallest absolute Gasteiger partial charge is 0.332 e. The van der Waals surface area contributed by atoms with Crippen molar-refractivity contribution in [3.8, 4) is 5.69 Å². The number of aromatic nitrogens is 5. The summed E-state index contributed by atoms with van der Waals surface area (Å²) in [5.41, 5.74) is -0.464. The molecule has 3 heterocycles. The molecule has 0 atom stereocenters. The van der Waals surface area contributed by atoms with Gasteiger partial charge in [0, 0.05) is 32.0 Å². The van der Waals surface area contributed by atoms with Crippen LogP contribution in [0.2, 0.25) is 0 Å². The number of pyridine rings is 1. The molecule has 0 bridgehead atoms. The Hall–Kier alpha value is -4.28. The van der Waals surface area contributed by atoms with Crippen molar-refractivity contribution in [2.24, 2.45) is 14.1 Å². The van der Waals surface area contributed by atoms with Crippen LogP contribution in [0.4, 0.5) is 4.39 Å². The first-order valence-corrected chi connectivity index (χ1v) is 9.17. The molecule has 0 spiro atoms. The van der Waals surface area contributed by atoms with Crippen molar-refractivity contribution >= 4 is 17.1 Å². The fourth-order valence-electron chi connectivity index (χ4n) is 3.15. The summed E-state index contributed by atoms with van der Waals surface area (Å²) in [6.07, 6.45) is 1.35. The molecule has 158 valence electrons. The quantitative estimate of drug-likeness (QED) is 0.484. The van der Waals surface area contributed by atoms with Crippen LogP contribution >= 0.6 is 0 Å². The molecule has 1 aromatic carbocycles. The number of fused-ring (bicyclic) bond motifs is 1. The van der Waals surface area contributed by atoms with E-state index in [4.69, 9.17) is 0 Å². The molecule has 0 aliphatic carbocycles. The van der Waals surface area contributed by atoms with Crippen molar-refractivity contribution in [2.45, 2.75) is 6.54 Å². The molecule has 11 heteroatoms. The predicted molar refractivity (Wildman–Crippen MR) is 110 cm³/mol. The molecule has 0 saturated carbocycles. The van der Waals surface area contributed by atoms with Crippen LogP contribution in [0.3, 0.4) is 0 Å². The van der Waals surface area contributed by atoms with Gasteiger partial charge in [0.05, 0.1) is 12.1 Å². The highest BCUT2D eigenvalue weighted by molar-refractivity contribution is 5.93. The molecule has 0 unspecified atom stereocenters. The molecule has 3 aromatic heterocycles. The monoisotopic (exact) mass is 424 g/mol. The average molecular weight is 424 g/mol. The maximum Gasteiger partial charge on any atom is 0.332 e. The number of aromatic amines is 1. The van der Waals surface area contributed by atoms with Crippen LogP contribution in [-0.2, 0) is 20.6 Å². The van der Waals surface area contributed by atoms with E-state index < -0.39 is 23.0 Å². The second-order valence-electron chi connectivity index (χ2n) is 6.87. The largest absolute Gasteiger partial charge is 0.345 e. The Balaban J connectivity index is 1.59. The highest BCUT2D eigenvalue weighted by Gasteiger charge is 2.15. The molecule has 2 N–H and O–H groups in total. The van der Waals surface area contributed by atoms with E-state index in [1.54, 1.807) is 0 Å². The number of hydrogen-bond donors (Lipinski definition) is 2. The van der Waals surface area contributed by atoms with Crippen molar-refractivity contribution in [3.63, 3.8) is 0 Å². The summed E-state index contributed by atoms with van der Waals surface area (Å²) in [5, 5.41) is 2.65. The number of benzene rings is 1. The fraction of sp³-hybridized carbons (Fsp3) is 0.150. The van der Waals surface area contributed by atoms with Gasteiger partial charge in [0.25, 0.3) is 17.0 Å². The first kappa shape index (κ1) is 20.0. The van der Waals surface area contributed by atoms with Gasteiger partial charge < -0.3 is 10.3 Å². The maximum atomic E-state index is 13.1. The molecule has 0 saturated heterocycles. The molecule has 10 nitrogen and oxygen atoms in total. The molecule has 4 aromatic rings. The zero-order valence-electron chi connectivity index (χ0n) is 16.5. The van der Waals surface area contributed by atoms with Crippen LogP contribution < -0.4 is 22.1 Å². The van der Waals surface area contributed by atoms with Gasteiger partial charge in [0.1, 0.15) is 17.2 Å². The van der Waals surface area contributed by atoms with Gasteiger partial charge in [-0.05, 0) is 30.3 Å². The molecule has 1 amide bonds. The highest BCUT2D eigenvalue weighted by atomic mass is 19.1. The third kappa shape index (κ3) is 3.56. The van der Waals surface area contributed by atoms with Crippen LogP contribution in [0.1, 0.15) is 16.2 Å². The highest BCUT2D eigenvalue weighted by Crippen LogP contribution is 2.09. The lowest BCUT2D eigenvalue weighted by Crippen LogP contribution is -2.36. The zero-order chi connectivity index (χ0) is 22.3. The van der Waals surface area contributed by atoms with E-state index in [9.17, 15) is 23.6 Å². The van der Waals surface area contributed by atoms with E-state index in [2.05, 4.69) is 15.3 Å². The molecular formula is C20H17FN6O4. The zero-order valence-corrected chi connectivity index (χ0v) is 16.5. The Morgan fingerprint density at radius 2 is 1.77 bits per heavy atom. The van der Waals surface area contributed by atoms with Gasteiger partial charge in [-0.25, -0.2) is 14.2 Å². The van der Waals surface area contributed by atoms with E-state index >= 15 is 0 Å². The van der Waals surface area contributed by atoms with Gasteiger partial charge in [-0.2, -0.15) is 0 Å². The Morgan fingerprint density at radius 3 is 2.48 bits per heavy atom.